The van der Waals surface area contributed by atoms with Gasteiger partial charge in [0.25, 0.3) is 0 Å². The highest BCUT2D eigenvalue weighted by Gasteiger charge is 2.35. The number of rotatable bonds is 18. The van der Waals surface area contributed by atoms with E-state index in [2.05, 4.69) is 93.1 Å². The third kappa shape index (κ3) is 11.2. The molecule has 4 nitrogen and oxygen atoms in total. The highest BCUT2D eigenvalue weighted by molar-refractivity contribution is 6.65. The Morgan fingerprint density at radius 3 is 1.47 bits per heavy atom. The highest BCUT2D eigenvalue weighted by atomic mass is 28.4. The van der Waals surface area contributed by atoms with E-state index in [1.165, 1.54) is 24.0 Å². The van der Waals surface area contributed by atoms with Crippen LogP contribution >= 0.6 is 0 Å². The van der Waals surface area contributed by atoms with Crippen LogP contribution in [-0.2, 0) is 28.5 Å². The van der Waals surface area contributed by atoms with Gasteiger partial charge in [0, 0.05) is 34.0 Å². The maximum Gasteiger partial charge on any atom is 0.387 e. The van der Waals surface area contributed by atoms with Crippen LogP contribution in [0.5, 0.6) is 0 Å². The van der Waals surface area contributed by atoms with Crippen LogP contribution in [0.4, 0.5) is 0 Å². The van der Waals surface area contributed by atoms with Crippen molar-refractivity contribution in [2.24, 2.45) is 10.8 Å². The number of benzene rings is 1. The highest BCUT2D eigenvalue weighted by Crippen LogP contribution is 2.43. The quantitative estimate of drug-likeness (QED) is 0.166. The fourth-order valence-corrected chi connectivity index (χ4v) is 9.28. The van der Waals surface area contributed by atoms with Crippen LogP contribution in [0.3, 0.4) is 0 Å². The largest absolute Gasteiger partial charge is 0.398 e. The molecule has 1 aromatic rings. The summed E-state index contributed by atoms with van der Waals surface area (Å²) in [7, 11) is 3.96. The van der Waals surface area contributed by atoms with E-state index >= 15 is 0 Å². The van der Waals surface area contributed by atoms with Crippen molar-refractivity contribution in [3.8, 4) is 0 Å². The summed E-state index contributed by atoms with van der Waals surface area (Å²) in [5.41, 5.74) is 4.08. The zero-order valence-corrected chi connectivity index (χ0v) is 29.5. The Morgan fingerprint density at radius 1 is 0.711 bits per heavy atom. The molecule has 0 bridgehead atoms. The van der Waals surface area contributed by atoms with Crippen LogP contribution in [0.25, 0.3) is 0 Å². The Bertz CT molecular complexity index is 809. The first-order valence-corrected chi connectivity index (χ1v) is 18.4. The molecular formula is C32H61O4Si2. The lowest BCUT2D eigenvalue weighted by atomic mass is 9.68. The van der Waals surface area contributed by atoms with Crippen LogP contribution in [0.1, 0.15) is 112 Å². The Hall–Kier alpha value is -0.506. The molecule has 0 saturated heterocycles. The summed E-state index contributed by atoms with van der Waals surface area (Å²) >= 11 is 0. The molecule has 0 aromatic heterocycles. The maximum atomic E-state index is 5.69. The van der Waals surface area contributed by atoms with Crippen LogP contribution in [0, 0.1) is 10.8 Å². The van der Waals surface area contributed by atoms with Gasteiger partial charge in [-0.25, -0.2) is 0 Å². The Balaban J connectivity index is 2.84. The molecule has 0 aliphatic heterocycles. The zero-order valence-electron chi connectivity index (χ0n) is 27.5. The fraction of sp³-hybridized carbons (Fsp3) is 0.812. The molecule has 0 amide bonds. The van der Waals surface area contributed by atoms with E-state index in [-0.39, 0.29) is 21.7 Å². The van der Waals surface area contributed by atoms with Crippen LogP contribution < -0.4 is 0 Å². The van der Waals surface area contributed by atoms with E-state index in [4.69, 9.17) is 17.7 Å². The smallest absolute Gasteiger partial charge is 0.387 e. The third-order valence-corrected chi connectivity index (χ3v) is 13.6. The Labute approximate surface area is 239 Å². The lowest BCUT2D eigenvalue weighted by Gasteiger charge is -2.38. The minimum atomic E-state index is -1.99. The molecule has 0 aliphatic carbocycles. The van der Waals surface area contributed by atoms with Crippen molar-refractivity contribution in [2.45, 2.75) is 130 Å². The van der Waals surface area contributed by atoms with Gasteiger partial charge in [-0.15, -0.1) is 0 Å². The van der Waals surface area contributed by atoms with Crippen molar-refractivity contribution >= 4 is 17.8 Å². The Kier molecular flexibility index (Phi) is 13.5. The van der Waals surface area contributed by atoms with E-state index < -0.39 is 17.8 Å². The second kappa shape index (κ2) is 14.4. The maximum absolute atomic E-state index is 5.69. The molecule has 38 heavy (non-hydrogen) atoms. The summed E-state index contributed by atoms with van der Waals surface area (Å²) in [5.74, 6) is 0. The van der Waals surface area contributed by atoms with Gasteiger partial charge in [-0.2, -0.15) is 0 Å². The van der Waals surface area contributed by atoms with E-state index in [0.29, 0.717) is 5.54 Å². The second-order valence-electron chi connectivity index (χ2n) is 14.6. The average Bonchev–Trinajstić information content (AvgIpc) is 2.82. The van der Waals surface area contributed by atoms with Crippen molar-refractivity contribution < 1.29 is 17.7 Å². The number of hydrogen-bond acceptors (Lipinski definition) is 4. The molecule has 1 aromatic carbocycles. The molecule has 0 N–H and O–H groups in total. The first-order chi connectivity index (χ1) is 17.4. The van der Waals surface area contributed by atoms with E-state index in [1.807, 2.05) is 0 Å². The van der Waals surface area contributed by atoms with Crippen LogP contribution in [-0.4, -0.2) is 46.3 Å². The van der Waals surface area contributed by atoms with Crippen molar-refractivity contribution in [1.29, 1.82) is 0 Å². The van der Waals surface area contributed by atoms with Gasteiger partial charge >= 0.3 is 17.8 Å². The van der Waals surface area contributed by atoms with Gasteiger partial charge in [-0.1, -0.05) is 93.0 Å². The molecule has 1 radical (unpaired) electrons. The molecule has 0 spiro atoms. The summed E-state index contributed by atoms with van der Waals surface area (Å²) in [5, 5.41) is 0. The molecule has 1 rings (SSSR count). The Morgan fingerprint density at radius 2 is 1.11 bits per heavy atom. The van der Waals surface area contributed by atoms with Crippen LogP contribution in [0.15, 0.2) is 24.3 Å². The first-order valence-electron chi connectivity index (χ1n) is 14.5. The summed E-state index contributed by atoms with van der Waals surface area (Å²) in [6, 6.07) is 10.6. The van der Waals surface area contributed by atoms with Gasteiger partial charge in [-0.3, -0.25) is 0 Å². The summed E-state index contributed by atoms with van der Waals surface area (Å²) in [6.07, 6.45) is 6.94. The standard InChI is InChI=1S/C32H61O4Si2/c1-26(37(33-10)34-11)20-22-30(4,5)25-32(8,9)28-18-16-27(17-19-28)31(6,7)24-29(2,3)21-15-23-38(14,35-12)36-13/h16-19,26H,15,20-25H2,1-14H3. The predicted octanol–water partition coefficient (Wildman–Crippen LogP) is 9.17. The van der Waals surface area contributed by atoms with E-state index in [1.54, 1.807) is 28.4 Å². The molecule has 0 saturated carbocycles. The molecular weight excluding hydrogens is 505 g/mol. The lowest BCUT2D eigenvalue weighted by Crippen LogP contribution is -2.36. The summed E-state index contributed by atoms with van der Waals surface area (Å²) < 4.78 is 22.5. The molecule has 0 fully saturated rings. The third-order valence-electron chi connectivity index (χ3n) is 8.70. The van der Waals surface area contributed by atoms with Gasteiger partial charge < -0.3 is 17.7 Å². The zero-order chi connectivity index (χ0) is 29.4. The van der Waals surface area contributed by atoms with Gasteiger partial charge in [0.2, 0.25) is 0 Å². The summed E-state index contributed by atoms with van der Waals surface area (Å²) in [4.78, 5) is 0. The fourth-order valence-electron chi connectivity index (χ4n) is 6.53. The van der Waals surface area contributed by atoms with Crippen molar-refractivity contribution in [3.05, 3.63) is 35.4 Å². The lowest BCUT2D eigenvalue weighted by molar-refractivity contribution is 0.220. The number of hydrogen-bond donors (Lipinski definition) is 0. The van der Waals surface area contributed by atoms with Gasteiger partial charge in [0.15, 0.2) is 0 Å². The molecule has 221 valence electrons. The normalized spacial score (nSPS) is 14.8. The molecule has 6 heteroatoms. The minimum Gasteiger partial charge on any atom is -0.398 e. The minimum absolute atomic E-state index is 0.115. The summed E-state index contributed by atoms with van der Waals surface area (Å²) in [6.45, 7) is 23.7. The average molecular weight is 566 g/mol. The first kappa shape index (κ1) is 35.5. The van der Waals surface area contributed by atoms with Gasteiger partial charge in [0.1, 0.15) is 0 Å². The second-order valence-corrected chi connectivity index (χ2v) is 20.6. The topological polar surface area (TPSA) is 36.9 Å². The SMILES string of the molecule is CO[Si](OC)C(C)CCC(C)(C)CC(C)(C)c1ccc(C(C)(C)CC(C)(C)CCC[Si](C)(OC)OC)cc1. The van der Waals surface area contributed by atoms with Crippen molar-refractivity contribution in [1.82, 2.24) is 0 Å². The molecule has 0 aliphatic rings. The van der Waals surface area contributed by atoms with Crippen molar-refractivity contribution in [2.75, 3.05) is 28.4 Å². The van der Waals surface area contributed by atoms with Gasteiger partial charge in [-0.05, 0) is 77.5 Å². The molecule has 1 atom stereocenters. The van der Waals surface area contributed by atoms with Gasteiger partial charge in [0.05, 0.1) is 0 Å². The predicted molar refractivity (Wildman–Crippen MR) is 167 cm³/mol. The van der Waals surface area contributed by atoms with E-state index in [0.717, 1.165) is 31.7 Å². The molecule has 1 unspecified atom stereocenters. The molecule has 0 heterocycles. The van der Waals surface area contributed by atoms with Crippen molar-refractivity contribution in [3.63, 3.8) is 0 Å². The van der Waals surface area contributed by atoms with Crippen LogP contribution in [0.2, 0.25) is 18.1 Å². The van der Waals surface area contributed by atoms with E-state index in [9.17, 15) is 0 Å². The monoisotopic (exact) mass is 565 g/mol.